The molecule has 0 radical (unpaired) electrons. The molecule has 7 heteroatoms. The Bertz CT molecular complexity index is 367. The fourth-order valence-electron chi connectivity index (χ4n) is 1.48. The molecule has 88 valence electrons. The van der Waals surface area contributed by atoms with Crippen molar-refractivity contribution >= 4 is 23.5 Å². The van der Waals surface area contributed by atoms with Crippen LogP contribution in [-0.2, 0) is 4.74 Å². The number of aromatic nitrogens is 3. The first-order valence-corrected chi connectivity index (χ1v) is 5.58. The molecule has 0 aromatic carbocycles. The molecule has 0 saturated carbocycles. The predicted molar refractivity (Wildman–Crippen MR) is 61.5 cm³/mol. The summed E-state index contributed by atoms with van der Waals surface area (Å²) in [5, 5.41) is -0.273. The standard InChI is InChI=1S/C9H14ClN5O/c1-6(10)7-12-8(11)14-9(13-7)15-2-4-16-5-3-15/h6H,2-5H2,1H3,(H2,11,12,13,14)/t6-/m0/s1. The lowest BCUT2D eigenvalue weighted by molar-refractivity contribution is 0.122. The minimum atomic E-state index is -0.273. The Morgan fingerprint density at radius 3 is 2.62 bits per heavy atom. The highest BCUT2D eigenvalue weighted by atomic mass is 35.5. The number of anilines is 2. The summed E-state index contributed by atoms with van der Waals surface area (Å²) in [6.45, 7) is 4.69. The average molecular weight is 244 g/mol. The highest BCUT2D eigenvalue weighted by molar-refractivity contribution is 6.20. The molecule has 1 aliphatic heterocycles. The maximum Gasteiger partial charge on any atom is 0.230 e. The molecule has 1 aromatic rings. The van der Waals surface area contributed by atoms with Crippen LogP contribution < -0.4 is 10.6 Å². The second-order valence-corrected chi connectivity index (χ2v) is 4.22. The molecule has 1 saturated heterocycles. The van der Waals surface area contributed by atoms with Gasteiger partial charge in [0.2, 0.25) is 11.9 Å². The zero-order valence-corrected chi connectivity index (χ0v) is 9.81. The van der Waals surface area contributed by atoms with Crippen LogP contribution in [0.2, 0.25) is 0 Å². The highest BCUT2D eigenvalue weighted by Crippen LogP contribution is 2.18. The van der Waals surface area contributed by atoms with Crippen molar-refractivity contribution in [3.05, 3.63) is 5.82 Å². The fourth-order valence-corrected chi connectivity index (χ4v) is 1.58. The number of alkyl halides is 1. The molecule has 1 atom stereocenters. The van der Waals surface area contributed by atoms with Crippen LogP contribution in [0.1, 0.15) is 18.1 Å². The van der Waals surface area contributed by atoms with Crippen LogP contribution >= 0.6 is 11.6 Å². The minimum Gasteiger partial charge on any atom is -0.378 e. The first kappa shape index (κ1) is 11.3. The van der Waals surface area contributed by atoms with Crippen molar-refractivity contribution < 1.29 is 4.74 Å². The number of hydrogen-bond acceptors (Lipinski definition) is 6. The Kier molecular flexibility index (Phi) is 3.40. The van der Waals surface area contributed by atoms with Gasteiger partial charge in [-0.15, -0.1) is 11.6 Å². The molecule has 2 N–H and O–H groups in total. The maximum atomic E-state index is 5.93. The van der Waals surface area contributed by atoms with Gasteiger partial charge in [0.1, 0.15) is 0 Å². The Morgan fingerprint density at radius 2 is 2.00 bits per heavy atom. The Labute approximate surface area is 98.8 Å². The molecule has 6 nitrogen and oxygen atoms in total. The molecule has 1 aromatic heterocycles. The molecule has 0 bridgehead atoms. The smallest absolute Gasteiger partial charge is 0.230 e. The van der Waals surface area contributed by atoms with E-state index in [2.05, 4.69) is 15.0 Å². The van der Waals surface area contributed by atoms with Gasteiger partial charge in [0.25, 0.3) is 0 Å². The average Bonchev–Trinajstić information content (AvgIpc) is 2.29. The molecular weight excluding hydrogens is 230 g/mol. The van der Waals surface area contributed by atoms with Crippen molar-refractivity contribution in [3.8, 4) is 0 Å². The van der Waals surface area contributed by atoms with E-state index in [1.54, 1.807) is 6.92 Å². The van der Waals surface area contributed by atoms with Gasteiger partial charge in [0.05, 0.1) is 18.6 Å². The van der Waals surface area contributed by atoms with Gasteiger partial charge in [-0.1, -0.05) is 0 Å². The van der Waals surface area contributed by atoms with E-state index < -0.39 is 0 Å². The van der Waals surface area contributed by atoms with Crippen LogP contribution in [0.15, 0.2) is 0 Å². The molecule has 16 heavy (non-hydrogen) atoms. The molecule has 0 spiro atoms. The van der Waals surface area contributed by atoms with E-state index in [1.165, 1.54) is 0 Å². The van der Waals surface area contributed by atoms with E-state index in [0.717, 1.165) is 13.1 Å². The predicted octanol–water partition coefficient (Wildman–Crippen LogP) is 0.590. The Balaban J connectivity index is 2.25. The van der Waals surface area contributed by atoms with Crippen molar-refractivity contribution in [1.82, 2.24) is 15.0 Å². The summed E-state index contributed by atoms with van der Waals surface area (Å²) in [5.41, 5.74) is 5.63. The first-order chi connectivity index (χ1) is 7.66. The quantitative estimate of drug-likeness (QED) is 0.766. The van der Waals surface area contributed by atoms with Gasteiger partial charge in [0.15, 0.2) is 5.82 Å². The number of hydrogen-bond donors (Lipinski definition) is 1. The summed E-state index contributed by atoms with van der Waals surface area (Å²) in [6.07, 6.45) is 0. The summed E-state index contributed by atoms with van der Waals surface area (Å²) in [4.78, 5) is 14.4. The molecule has 0 unspecified atom stereocenters. The number of ether oxygens (including phenoxy) is 1. The third-order valence-electron chi connectivity index (χ3n) is 2.31. The Morgan fingerprint density at radius 1 is 1.31 bits per heavy atom. The van der Waals surface area contributed by atoms with Crippen molar-refractivity contribution in [2.75, 3.05) is 36.9 Å². The maximum absolute atomic E-state index is 5.93. The first-order valence-electron chi connectivity index (χ1n) is 5.15. The van der Waals surface area contributed by atoms with Gasteiger partial charge >= 0.3 is 0 Å². The highest BCUT2D eigenvalue weighted by Gasteiger charge is 2.17. The van der Waals surface area contributed by atoms with Crippen LogP contribution in [0.5, 0.6) is 0 Å². The lowest BCUT2D eigenvalue weighted by Crippen LogP contribution is -2.37. The third kappa shape index (κ3) is 2.51. The molecule has 2 heterocycles. The largest absolute Gasteiger partial charge is 0.378 e. The Hall–Kier alpha value is -1.14. The number of rotatable bonds is 2. The van der Waals surface area contributed by atoms with E-state index in [-0.39, 0.29) is 11.3 Å². The normalized spacial score (nSPS) is 18.5. The van der Waals surface area contributed by atoms with Gasteiger partial charge in [0, 0.05) is 13.1 Å². The molecule has 1 fully saturated rings. The zero-order valence-electron chi connectivity index (χ0n) is 9.06. The van der Waals surface area contributed by atoms with Gasteiger partial charge in [-0.25, -0.2) is 0 Å². The topological polar surface area (TPSA) is 77.2 Å². The summed E-state index contributed by atoms with van der Waals surface area (Å²) in [7, 11) is 0. The molecule has 2 rings (SSSR count). The van der Waals surface area contributed by atoms with Gasteiger partial charge < -0.3 is 15.4 Å². The fraction of sp³-hybridized carbons (Fsp3) is 0.667. The number of nitrogens with zero attached hydrogens (tertiary/aromatic N) is 4. The summed E-state index contributed by atoms with van der Waals surface area (Å²) in [6, 6.07) is 0. The monoisotopic (exact) mass is 243 g/mol. The molecule has 0 amide bonds. The minimum absolute atomic E-state index is 0.207. The van der Waals surface area contributed by atoms with Crippen molar-refractivity contribution in [2.45, 2.75) is 12.3 Å². The van der Waals surface area contributed by atoms with E-state index in [1.807, 2.05) is 4.90 Å². The lowest BCUT2D eigenvalue weighted by atomic mass is 10.4. The van der Waals surface area contributed by atoms with E-state index in [4.69, 9.17) is 22.1 Å². The third-order valence-corrected chi connectivity index (χ3v) is 2.50. The van der Waals surface area contributed by atoms with Gasteiger partial charge in [-0.3, -0.25) is 0 Å². The van der Waals surface area contributed by atoms with Crippen molar-refractivity contribution in [1.29, 1.82) is 0 Å². The zero-order chi connectivity index (χ0) is 11.5. The number of nitrogen functional groups attached to an aromatic ring is 1. The van der Waals surface area contributed by atoms with Crippen LogP contribution in [0.4, 0.5) is 11.9 Å². The van der Waals surface area contributed by atoms with Crippen LogP contribution in [0, 0.1) is 0 Å². The van der Waals surface area contributed by atoms with Crippen molar-refractivity contribution in [2.24, 2.45) is 0 Å². The van der Waals surface area contributed by atoms with Crippen LogP contribution in [-0.4, -0.2) is 41.3 Å². The molecule has 0 aliphatic carbocycles. The second-order valence-electron chi connectivity index (χ2n) is 3.57. The second kappa shape index (κ2) is 4.80. The molecular formula is C9H14ClN5O. The SMILES string of the molecule is C[C@H](Cl)c1nc(N)nc(N2CCOCC2)n1. The van der Waals surface area contributed by atoms with Crippen molar-refractivity contribution in [3.63, 3.8) is 0 Å². The van der Waals surface area contributed by atoms with Crippen LogP contribution in [0.25, 0.3) is 0 Å². The van der Waals surface area contributed by atoms with Crippen LogP contribution in [0.3, 0.4) is 0 Å². The number of morpholine rings is 1. The van der Waals surface area contributed by atoms with Gasteiger partial charge in [-0.2, -0.15) is 15.0 Å². The van der Waals surface area contributed by atoms with E-state index in [9.17, 15) is 0 Å². The number of nitrogens with two attached hydrogens (primary N) is 1. The lowest BCUT2D eigenvalue weighted by Gasteiger charge is -2.26. The number of halogens is 1. The van der Waals surface area contributed by atoms with E-state index >= 15 is 0 Å². The summed E-state index contributed by atoms with van der Waals surface area (Å²) < 4.78 is 5.26. The summed E-state index contributed by atoms with van der Waals surface area (Å²) in [5.74, 6) is 1.30. The van der Waals surface area contributed by atoms with E-state index in [0.29, 0.717) is 25.0 Å². The summed E-state index contributed by atoms with van der Waals surface area (Å²) >= 11 is 5.93. The molecule has 1 aliphatic rings. The van der Waals surface area contributed by atoms with Gasteiger partial charge in [-0.05, 0) is 6.92 Å².